The molecule has 0 amide bonds. The molecule has 8 heterocycles. The molecule has 4 fully saturated rings. The van der Waals surface area contributed by atoms with Crippen LogP contribution in [0.4, 0.5) is 0 Å². The van der Waals surface area contributed by atoms with Gasteiger partial charge < -0.3 is 0 Å². The molecular formula is C38H28N4O4Pt. The van der Waals surface area contributed by atoms with Crippen LogP contribution in [0.1, 0.15) is 46.4 Å². The fraction of sp³-hybridized carbons (Fsp3) is 0.211. The van der Waals surface area contributed by atoms with Gasteiger partial charge in [-0.15, -0.1) is 0 Å². The SMILES string of the molecule is c1ccc(-c2ccc3cc2C2COC4=C5OCC6c7cc(ccc7-c7ccccc7)C7COC8=C9OCC3N9[C](=[Pt]=[C](N42)N56)N87)cc1. The molecule has 0 aromatic heterocycles. The van der Waals surface area contributed by atoms with Crippen LogP contribution in [0.5, 0.6) is 0 Å². The summed E-state index contributed by atoms with van der Waals surface area (Å²) in [7, 11) is 0. The molecule has 234 valence electrons. The van der Waals surface area contributed by atoms with Crippen molar-refractivity contribution in [2.45, 2.75) is 24.2 Å². The van der Waals surface area contributed by atoms with Gasteiger partial charge in [0, 0.05) is 0 Å². The molecule has 47 heavy (non-hydrogen) atoms. The van der Waals surface area contributed by atoms with Crippen LogP contribution >= 0.6 is 0 Å². The number of rotatable bonds is 2. The normalized spacial score (nSPS) is 26.7. The first-order valence-corrected chi connectivity index (χ1v) is 18.5. The number of hydrogen-bond donors (Lipinski definition) is 0. The molecule has 0 N–H and O–H groups in total. The minimum absolute atomic E-state index is 0.0220. The molecule has 12 rings (SSSR count). The first-order valence-electron chi connectivity index (χ1n) is 16.2. The summed E-state index contributed by atoms with van der Waals surface area (Å²) in [4.78, 5) is 9.90. The summed E-state index contributed by atoms with van der Waals surface area (Å²) >= 11 is -0.779. The Morgan fingerprint density at radius 2 is 0.830 bits per heavy atom. The predicted molar refractivity (Wildman–Crippen MR) is 170 cm³/mol. The predicted octanol–water partition coefficient (Wildman–Crippen LogP) is 5.78. The van der Waals surface area contributed by atoms with Crippen LogP contribution in [0.25, 0.3) is 22.3 Å². The average Bonchev–Trinajstić information content (AvgIpc) is 3.96. The quantitative estimate of drug-likeness (QED) is 0.254. The van der Waals surface area contributed by atoms with Crippen molar-refractivity contribution in [3.63, 3.8) is 0 Å². The summed E-state index contributed by atoms with van der Waals surface area (Å²) in [6.07, 6.45) is 0. The molecule has 4 saturated heterocycles. The van der Waals surface area contributed by atoms with E-state index >= 15 is 0 Å². The molecule has 0 radical (unpaired) electrons. The average molecular weight is 800 g/mol. The van der Waals surface area contributed by atoms with Crippen molar-refractivity contribution >= 4 is 8.29 Å². The molecule has 4 unspecified atom stereocenters. The van der Waals surface area contributed by atoms with E-state index in [0.29, 0.717) is 26.4 Å². The van der Waals surface area contributed by atoms with Crippen LogP contribution in [0, 0.1) is 0 Å². The van der Waals surface area contributed by atoms with Crippen molar-refractivity contribution in [2.24, 2.45) is 0 Å². The Balaban J connectivity index is 1.16. The number of fused-ring (bicyclic) bond motifs is 8. The van der Waals surface area contributed by atoms with Gasteiger partial charge in [0.25, 0.3) is 0 Å². The molecule has 0 spiro atoms. The second-order valence-corrected chi connectivity index (χ2v) is 15.6. The van der Waals surface area contributed by atoms with E-state index < -0.39 is 17.6 Å². The number of ether oxygens (including phenoxy) is 4. The second kappa shape index (κ2) is 8.96. The minimum atomic E-state index is -0.779. The van der Waals surface area contributed by atoms with Gasteiger partial charge in [-0.05, 0) is 0 Å². The maximum atomic E-state index is 6.69. The van der Waals surface area contributed by atoms with Crippen molar-refractivity contribution in [3.8, 4) is 22.3 Å². The van der Waals surface area contributed by atoms with Gasteiger partial charge in [0.15, 0.2) is 0 Å². The van der Waals surface area contributed by atoms with Gasteiger partial charge in [0.2, 0.25) is 0 Å². The van der Waals surface area contributed by atoms with Crippen LogP contribution in [0.3, 0.4) is 0 Å². The van der Waals surface area contributed by atoms with Crippen molar-refractivity contribution in [1.82, 2.24) is 19.6 Å². The van der Waals surface area contributed by atoms with Crippen LogP contribution in [0.2, 0.25) is 0 Å². The van der Waals surface area contributed by atoms with Gasteiger partial charge in [-0.3, -0.25) is 0 Å². The summed E-state index contributed by atoms with van der Waals surface area (Å²) in [5.74, 6) is 3.42. The van der Waals surface area contributed by atoms with E-state index in [9.17, 15) is 0 Å². The fourth-order valence-corrected chi connectivity index (χ4v) is 12.4. The molecule has 8 nitrogen and oxygen atoms in total. The van der Waals surface area contributed by atoms with Crippen LogP contribution in [-0.4, -0.2) is 54.3 Å². The Morgan fingerprint density at radius 3 is 1.26 bits per heavy atom. The fourth-order valence-electron chi connectivity index (χ4n) is 8.50. The molecule has 9 heteroatoms. The van der Waals surface area contributed by atoms with Crippen LogP contribution in [0.15, 0.2) is 121 Å². The van der Waals surface area contributed by atoms with E-state index in [1.54, 1.807) is 0 Å². The Hall–Kier alpha value is -4.81. The van der Waals surface area contributed by atoms with E-state index in [1.165, 1.54) is 52.8 Å². The van der Waals surface area contributed by atoms with E-state index in [-0.39, 0.29) is 24.2 Å². The van der Waals surface area contributed by atoms with E-state index in [1.807, 2.05) is 0 Å². The molecular weight excluding hydrogens is 772 g/mol. The van der Waals surface area contributed by atoms with Crippen LogP contribution < -0.4 is 0 Å². The van der Waals surface area contributed by atoms with Gasteiger partial charge >= 0.3 is 280 Å². The number of nitrogens with zero attached hydrogens (tertiary/aromatic N) is 4. The third-order valence-electron chi connectivity index (χ3n) is 10.7. The summed E-state index contributed by atoms with van der Waals surface area (Å²) in [5, 5.41) is 0. The zero-order chi connectivity index (χ0) is 30.4. The monoisotopic (exact) mass is 799 g/mol. The Kier molecular flexibility index (Phi) is 4.82. The van der Waals surface area contributed by atoms with Crippen molar-refractivity contribution < 1.29 is 36.6 Å². The van der Waals surface area contributed by atoms with E-state index in [2.05, 4.69) is 117 Å². The summed E-state index contributed by atoms with van der Waals surface area (Å²) in [5.41, 5.74) is 9.99. The number of benzene rings is 4. The molecule has 0 aliphatic carbocycles. The molecule has 6 bridgehead atoms. The van der Waals surface area contributed by atoms with Crippen molar-refractivity contribution in [2.75, 3.05) is 26.4 Å². The zero-order valence-electron chi connectivity index (χ0n) is 25.1. The van der Waals surface area contributed by atoms with E-state index in [0.717, 1.165) is 23.5 Å². The molecule has 8 aliphatic rings. The third kappa shape index (κ3) is 3.17. The van der Waals surface area contributed by atoms with Gasteiger partial charge in [-0.25, -0.2) is 0 Å². The Labute approximate surface area is 279 Å². The Morgan fingerprint density at radius 1 is 0.447 bits per heavy atom. The van der Waals surface area contributed by atoms with Gasteiger partial charge in [0.05, 0.1) is 0 Å². The first-order chi connectivity index (χ1) is 23.3. The van der Waals surface area contributed by atoms with Gasteiger partial charge in [-0.2, -0.15) is 0 Å². The van der Waals surface area contributed by atoms with Crippen LogP contribution in [-0.2, 0) is 36.6 Å². The molecule has 8 aliphatic heterocycles. The van der Waals surface area contributed by atoms with Crippen molar-refractivity contribution in [1.29, 1.82) is 0 Å². The summed E-state index contributed by atoms with van der Waals surface area (Å²) in [6.45, 7) is 2.34. The van der Waals surface area contributed by atoms with Gasteiger partial charge in [0.1, 0.15) is 0 Å². The molecule has 0 saturated carbocycles. The molecule has 4 aromatic rings. The second-order valence-electron chi connectivity index (χ2n) is 13.0. The molecule has 4 aromatic carbocycles. The Bertz CT molecular complexity index is 2060. The van der Waals surface area contributed by atoms with E-state index in [4.69, 9.17) is 18.9 Å². The molecule has 4 atom stereocenters. The zero-order valence-corrected chi connectivity index (χ0v) is 27.4. The van der Waals surface area contributed by atoms with Gasteiger partial charge in [-0.1, -0.05) is 0 Å². The maximum absolute atomic E-state index is 6.69. The summed E-state index contributed by atoms with van der Waals surface area (Å²) < 4.78 is 29.1. The third-order valence-corrected chi connectivity index (χ3v) is 13.9. The van der Waals surface area contributed by atoms with Crippen molar-refractivity contribution in [3.05, 3.63) is 143 Å². The standard InChI is InChI=1S/C38H28N4O4.Pt/c1-3-7-23(8-4-1)27-13-11-25-15-29(27)33-19-45-37-38-42(22-41(33)37)34(20-46-38)30-16-26(12-14-28(30)24-9-5-2-6-10-24)32-18-44-36-35-39(21-40(32)36)31(25)17-43-35;/h1-16,31-34H,17-20H2;. The number of hydrogen-bond acceptors (Lipinski definition) is 8. The topological polar surface area (TPSA) is 49.9 Å². The summed E-state index contributed by atoms with van der Waals surface area (Å²) in [6, 6.07) is 35.7. The first kappa shape index (κ1) is 25.3.